The lowest BCUT2D eigenvalue weighted by molar-refractivity contribution is -0.114. The second-order valence-electron chi connectivity index (χ2n) is 5.49. The monoisotopic (exact) mass is 291 g/mol. The molecule has 1 amide bonds. The van der Waals surface area contributed by atoms with E-state index in [1.807, 2.05) is 20.8 Å². The van der Waals surface area contributed by atoms with E-state index < -0.39 is 11.6 Å². The maximum atomic E-state index is 11.7. The summed E-state index contributed by atoms with van der Waals surface area (Å²) in [6, 6.07) is 3.28. The number of amides is 1. The van der Waals surface area contributed by atoms with Crippen molar-refractivity contribution in [3.63, 3.8) is 0 Å². The van der Waals surface area contributed by atoms with Gasteiger partial charge in [0.05, 0.1) is 12.3 Å². The number of nitriles is 2. The number of hydrogen-bond acceptors (Lipinski definition) is 7. The first-order valence-corrected chi connectivity index (χ1v) is 6.35. The number of nitrogens with zero attached hydrogens (tertiary/aromatic N) is 4. The van der Waals surface area contributed by atoms with Gasteiger partial charge in [-0.25, -0.2) is 0 Å². The lowest BCUT2D eigenvalue weighted by Crippen LogP contribution is -2.35. The van der Waals surface area contributed by atoms with E-state index in [4.69, 9.17) is 15.4 Å². The van der Waals surface area contributed by atoms with Gasteiger partial charge in [0.25, 0.3) is 5.91 Å². The summed E-state index contributed by atoms with van der Waals surface area (Å²) in [6.45, 7) is 5.97. The van der Waals surface area contributed by atoms with Crippen molar-refractivity contribution < 1.29 is 14.5 Å². The highest BCUT2D eigenvalue weighted by Crippen LogP contribution is 2.28. The maximum Gasteiger partial charge on any atom is 0.284 e. The molecule has 0 bridgehead atoms. The van der Waals surface area contributed by atoms with Gasteiger partial charge in [0.1, 0.15) is 18.2 Å². The van der Waals surface area contributed by atoms with Crippen molar-refractivity contribution in [3.05, 3.63) is 0 Å². The van der Waals surface area contributed by atoms with Gasteiger partial charge in [-0.3, -0.25) is 4.79 Å². The van der Waals surface area contributed by atoms with Crippen LogP contribution in [-0.2, 0) is 14.5 Å². The third-order valence-corrected chi connectivity index (χ3v) is 2.75. The normalized spacial score (nSPS) is 18.0. The van der Waals surface area contributed by atoms with E-state index >= 15 is 0 Å². The van der Waals surface area contributed by atoms with Crippen LogP contribution in [0.5, 0.6) is 0 Å². The van der Waals surface area contributed by atoms with E-state index in [0.29, 0.717) is 12.1 Å². The molecule has 0 aliphatic carbocycles. The molecule has 1 atom stereocenters. The molecule has 0 saturated carbocycles. The number of nitrogens with one attached hydrogen (secondary N) is 1. The first kappa shape index (κ1) is 16.4. The Labute approximate surface area is 123 Å². The zero-order valence-corrected chi connectivity index (χ0v) is 12.2. The van der Waals surface area contributed by atoms with Crippen molar-refractivity contribution in [1.29, 1.82) is 10.5 Å². The van der Waals surface area contributed by atoms with Crippen LogP contribution in [0.2, 0.25) is 0 Å². The highest BCUT2D eigenvalue weighted by molar-refractivity contribution is 6.45. The van der Waals surface area contributed by atoms with E-state index in [0.717, 1.165) is 0 Å². The molecule has 0 aromatic carbocycles. The van der Waals surface area contributed by atoms with Crippen LogP contribution in [0.3, 0.4) is 0 Å². The Hall–Kier alpha value is -2.61. The summed E-state index contributed by atoms with van der Waals surface area (Å²) in [6.07, 6.45) is 0.584. The van der Waals surface area contributed by atoms with Crippen molar-refractivity contribution in [3.8, 4) is 12.1 Å². The number of carbonyl (C=O) groups excluding carboxylic acids is 1. The van der Waals surface area contributed by atoms with Gasteiger partial charge >= 0.3 is 0 Å². The van der Waals surface area contributed by atoms with E-state index in [1.165, 1.54) is 0 Å². The van der Waals surface area contributed by atoms with Gasteiger partial charge in [0.15, 0.2) is 0 Å². The molecule has 21 heavy (non-hydrogen) atoms. The SMILES string of the molecule is CC(C)(C)C1CC(CNC(=O)/C(C#N)=N/OCC#N)=NO1. The van der Waals surface area contributed by atoms with Gasteiger partial charge < -0.3 is 15.0 Å². The summed E-state index contributed by atoms with van der Waals surface area (Å²) in [5.41, 5.74) is 0.204. The fourth-order valence-corrected chi connectivity index (χ4v) is 1.50. The number of carbonyl (C=O) groups is 1. The number of rotatable bonds is 5. The van der Waals surface area contributed by atoms with E-state index in [9.17, 15) is 4.79 Å². The predicted molar refractivity (Wildman–Crippen MR) is 74.0 cm³/mol. The van der Waals surface area contributed by atoms with Crippen molar-refractivity contribution in [2.45, 2.75) is 33.3 Å². The van der Waals surface area contributed by atoms with E-state index in [2.05, 4.69) is 20.5 Å². The fraction of sp³-hybridized carbons (Fsp3) is 0.615. The van der Waals surface area contributed by atoms with Gasteiger partial charge in [-0.05, 0) is 0 Å². The highest BCUT2D eigenvalue weighted by atomic mass is 16.6. The molecular weight excluding hydrogens is 274 g/mol. The Balaban J connectivity index is 2.46. The van der Waals surface area contributed by atoms with Gasteiger partial charge in [-0.15, -0.1) is 0 Å². The van der Waals surface area contributed by atoms with Crippen LogP contribution in [0.1, 0.15) is 27.2 Å². The fourth-order valence-electron chi connectivity index (χ4n) is 1.50. The Morgan fingerprint density at radius 3 is 2.81 bits per heavy atom. The zero-order valence-electron chi connectivity index (χ0n) is 12.2. The quantitative estimate of drug-likeness (QED) is 0.454. The lowest BCUT2D eigenvalue weighted by Gasteiger charge is -2.23. The summed E-state index contributed by atoms with van der Waals surface area (Å²) >= 11 is 0. The molecule has 1 unspecified atom stereocenters. The first-order valence-electron chi connectivity index (χ1n) is 6.35. The number of hydrogen-bond donors (Lipinski definition) is 1. The van der Waals surface area contributed by atoms with Crippen molar-refractivity contribution in [2.75, 3.05) is 13.2 Å². The standard InChI is InChI=1S/C13H17N5O3/c1-13(2,3)11-6-9(17-21-11)8-16-12(19)10(7-15)18-20-5-4-14/h11H,5-6,8H2,1-3H3,(H,16,19)/b18-10+. The molecule has 1 aliphatic heterocycles. The Kier molecular flexibility index (Phi) is 5.67. The summed E-state index contributed by atoms with van der Waals surface area (Å²) in [7, 11) is 0. The van der Waals surface area contributed by atoms with Crippen molar-refractivity contribution in [2.24, 2.45) is 15.7 Å². The molecule has 1 heterocycles. The van der Waals surface area contributed by atoms with Crippen LogP contribution in [0.4, 0.5) is 0 Å². The molecule has 0 radical (unpaired) electrons. The Morgan fingerprint density at radius 2 is 2.29 bits per heavy atom. The molecule has 0 spiro atoms. The van der Waals surface area contributed by atoms with E-state index in [-0.39, 0.29) is 24.7 Å². The minimum absolute atomic E-state index is 0.0348. The van der Waals surface area contributed by atoms with Crippen LogP contribution in [0.25, 0.3) is 0 Å². The van der Waals surface area contributed by atoms with Crippen LogP contribution in [-0.4, -0.2) is 36.6 Å². The van der Waals surface area contributed by atoms with Crippen LogP contribution in [0.15, 0.2) is 10.3 Å². The summed E-state index contributed by atoms with van der Waals surface area (Å²) < 4.78 is 0. The van der Waals surface area contributed by atoms with Gasteiger partial charge in [-0.1, -0.05) is 31.1 Å². The van der Waals surface area contributed by atoms with E-state index in [1.54, 1.807) is 12.1 Å². The lowest BCUT2D eigenvalue weighted by atomic mass is 9.86. The highest BCUT2D eigenvalue weighted by Gasteiger charge is 2.32. The molecule has 0 saturated heterocycles. The molecule has 112 valence electrons. The summed E-state index contributed by atoms with van der Waals surface area (Å²) in [4.78, 5) is 21.5. The van der Waals surface area contributed by atoms with Crippen LogP contribution < -0.4 is 5.32 Å². The molecule has 1 aliphatic rings. The Bertz CT molecular complexity index is 533. The summed E-state index contributed by atoms with van der Waals surface area (Å²) in [5, 5.41) is 26.8. The summed E-state index contributed by atoms with van der Waals surface area (Å²) in [5.74, 6) is -0.683. The predicted octanol–water partition coefficient (Wildman–Crippen LogP) is 0.713. The van der Waals surface area contributed by atoms with Gasteiger partial charge in [-0.2, -0.15) is 10.5 Å². The molecule has 1 N–H and O–H groups in total. The Morgan fingerprint density at radius 1 is 1.57 bits per heavy atom. The maximum absolute atomic E-state index is 11.7. The molecule has 0 aromatic heterocycles. The average molecular weight is 291 g/mol. The van der Waals surface area contributed by atoms with Crippen LogP contribution in [0, 0.1) is 28.1 Å². The van der Waals surface area contributed by atoms with Gasteiger partial charge in [0.2, 0.25) is 12.3 Å². The van der Waals surface area contributed by atoms with Crippen molar-refractivity contribution >= 4 is 17.3 Å². The third-order valence-electron chi connectivity index (χ3n) is 2.75. The molecule has 8 nitrogen and oxygen atoms in total. The minimum atomic E-state index is -0.683. The topological polar surface area (TPSA) is 120 Å². The second-order valence-corrected chi connectivity index (χ2v) is 5.49. The number of oxime groups is 2. The van der Waals surface area contributed by atoms with Crippen molar-refractivity contribution in [1.82, 2.24) is 5.32 Å². The third kappa shape index (κ3) is 5.11. The average Bonchev–Trinajstić information content (AvgIpc) is 2.90. The largest absolute Gasteiger partial charge is 0.392 e. The smallest absolute Gasteiger partial charge is 0.284 e. The van der Waals surface area contributed by atoms with Crippen LogP contribution >= 0.6 is 0 Å². The molecule has 8 heteroatoms. The molecule has 0 fully saturated rings. The zero-order chi connectivity index (χ0) is 15.9. The molecular formula is C13H17N5O3. The molecule has 0 aromatic rings. The first-order chi connectivity index (χ1) is 9.88. The second kappa shape index (κ2) is 7.25. The minimum Gasteiger partial charge on any atom is -0.392 e. The van der Waals surface area contributed by atoms with Gasteiger partial charge in [0, 0.05) is 11.8 Å². The molecule has 1 rings (SSSR count).